The summed E-state index contributed by atoms with van der Waals surface area (Å²) in [6.45, 7) is 0.583. The Bertz CT molecular complexity index is 1420. The fourth-order valence-electron chi connectivity index (χ4n) is 4.41. The second-order valence-corrected chi connectivity index (χ2v) is 8.66. The first kappa shape index (κ1) is 22.9. The molecule has 3 aromatic carbocycles. The first-order valence-corrected chi connectivity index (χ1v) is 11.1. The van der Waals surface area contributed by atoms with Crippen LogP contribution in [0.4, 0.5) is 14.5 Å². The van der Waals surface area contributed by atoms with Crippen molar-refractivity contribution in [3.05, 3.63) is 93.5 Å². The van der Waals surface area contributed by atoms with E-state index in [2.05, 4.69) is 0 Å². The molecular weight excluding hydrogens is 480 g/mol. The molecule has 2 heterocycles. The van der Waals surface area contributed by atoms with E-state index in [-0.39, 0.29) is 27.6 Å². The molecule has 9 heteroatoms. The number of Topliss-reactive ketones (excluding diaryl/α,β-unsaturated/α-hetero) is 1. The standard InChI is InChI=1S/C26H18ClF2NO5/c27-17-11-14(3-7-20(17)31)23-22(24(32)15-4-8-21-13(10-15)2-1-9-35-21)25(33)26(34)30(23)16-5-6-18(28)19(29)12-16/h3-8,10-12,23,31-32H,1-2,9H2/b24-22-. The van der Waals surface area contributed by atoms with Crippen LogP contribution in [0.25, 0.3) is 5.76 Å². The molecule has 3 aromatic rings. The molecule has 1 amide bonds. The minimum Gasteiger partial charge on any atom is -0.507 e. The smallest absolute Gasteiger partial charge is 0.300 e. The third-order valence-corrected chi connectivity index (χ3v) is 6.40. The maximum atomic E-state index is 14.1. The van der Waals surface area contributed by atoms with E-state index in [1.54, 1.807) is 18.2 Å². The van der Waals surface area contributed by atoms with E-state index < -0.39 is 35.1 Å². The van der Waals surface area contributed by atoms with Gasteiger partial charge in [-0.3, -0.25) is 14.5 Å². The summed E-state index contributed by atoms with van der Waals surface area (Å²) in [4.78, 5) is 27.3. The number of halogens is 3. The van der Waals surface area contributed by atoms with Crippen LogP contribution < -0.4 is 9.64 Å². The van der Waals surface area contributed by atoms with Crippen LogP contribution in [0.3, 0.4) is 0 Å². The molecule has 0 aromatic heterocycles. The molecule has 1 unspecified atom stereocenters. The molecule has 2 N–H and O–H groups in total. The maximum Gasteiger partial charge on any atom is 0.300 e. The third-order valence-electron chi connectivity index (χ3n) is 6.10. The van der Waals surface area contributed by atoms with Crippen molar-refractivity contribution in [2.24, 2.45) is 0 Å². The summed E-state index contributed by atoms with van der Waals surface area (Å²) in [6.07, 6.45) is 1.51. The van der Waals surface area contributed by atoms with Gasteiger partial charge in [0.15, 0.2) is 11.6 Å². The lowest BCUT2D eigenvalue weighted by Gasteiger charge is -2.26. The van der Waals surface area contributed by atoms with Crippen LogP contribution in [0.2, 0.25) is 5.02 Å². The van der Waals surface area contributed by atoms with Crippen LogP contribution in [0.15, 0.2) is 60.2 Å². The molecule has 178 valence electrons. The summed E-state index contributed by atoms with van der Waals surface area (Å²) in [6, 6.07) is 10.6. The Morgan fingerprint density at radius 2 is 1.83 bits per heavy atom. The molecule has 1 atom stereocenters. The highest BCUT2D eigenvalue weighted by Crippen LogP contribution is 2.44. The minimum atomic E-state index is -1.22. The predicted octanol–water partition coefficient (Wildman–Crippen LogP) is 5.28. The Kier molecular flexibility index (Phi) is 5.68. The van der Waals surface area contributed by atoms with Crippen molar-refractivity contribution in [3.8, 4) is 11.5 Å². The summed E-state index contributed by atoms with van der Waals surface area (Å²) in [5.41, 5.74) is 1.09. The lowest BCUT2D eigenvalue weighted by atomic mass is 9.93. The number of carbonyl (C=O) groups excluding carboxylic acids is 2. The second-order valence-electron chi connectivity index (χ2n) is 8.25. The highest BCUT2D eigenvalue weighted by Gasteiger charge is 2.47. The number of ketones is 1. The van der Waals surface area contributed by atoms with Gasteiger partial charge in [-0.2, -0.15) is 0 Å². The zero-order chi connectivity index (χ0) is 24.9. The molecule has 0 radical (unpaired) electrons. The van der Waals surface area contributed by atoms with Crippen molar-refractivity contribution in [2.75, 3.05) is 11.5 Å². The maximum absolute atomic E-state index is 14.1. The van der Waals surface area contributed by atoms with E-state index in [1.165, 1.54) is 18.2 Å². The van der Waals surface area contributed by atoms with E-state index in [0.717, 1.165) is 41.5 Å². The topological polar surface area (TPSA) is 87.1 Å². The molecule has 2 aliphatic heterocycles. The van der Waals surface area contributed by atoms with Gasteiger partial charge in [0.1, 0.15) is 17.3 Å². The zero-order valence-electron chi connectivity index (χ0n) is 18.1. The van der Waals surface area contributed by atoms with Gasteiger partial charge in [0, 0.05) is 17.3 Å². The Balaban J connectivity index is 1.72. The fraction of sp³-hybridized carbons (Fsp3) is 0.154. The monoisotopic (exact) mass is 497 g/mol. The Morgan fingerprint density at radius 3 is 2.57 bits per heavy atom. The predicted molar refractivity (Wildman–Crippen MR) is 125 cm³/mol. The van der Waals surface area contributed by atoms with Crippen molar-refractivity contribution >= 4 is 34.7 Å². The molecule has 0 bridgehead atoms. The molecule has 35 heavy (non-hydrogen) atoms. The van der Waals surface area contributed by atoms with Gasteiger partial charge in [-0.05, 0) is 66.4 Å². The molecular formula is C26H18ClF2NO5. The van der Waals surface area contributed by atoms with E-state index >= 15 is 0 Å². The van der Waals surface area contributed by atoms with E-state index in [4.69, 9.17) is 16.3 Å². The number of aliphatic hydroxyl groups is 1. The highest BCUT2D eigenvalue weighted by atomic mass is 35.5. The summed E-state index contributed by atoms with van der Waals surface area (Å²) in [5.74, 6) is -4.35. The van der Waals surface area contributed by atoms with E-state index in [0.29, 0.717) is 17.9 Å². The molecule has 6 nitrogen and oxygen atoms in total. The van der Waals surface area contributed by atoms with Crippen LogP contribution in [0.5, 0.6) is 11.5 Å². The van der Waals surface area contributed by atoms with Gasteiger partial charge in [0.05, 0.1) is 23.2 Å². The number of rotatable bonds is 3. The van der Waals surface area contributed by atoms with Gasteiger partial charge in [-0.15, -0.1) is 0 Å². The number of nitrogens with zero attached hydrogens (tertiary/aromatic N) is 1. The van der Waals surface area contributed by atoms with Gasteiger partial charge >= 0.3 is 0 Å². The minimum absolute atomic E-state index is 0.0516. The van der Waals surface area contributed by atoms with Crippen LogP contribution in [-0.4, -0.2) is 28.5 Å². The lowest BCUT2D eigenvalue weighted by molar-refractivity contribution is -0.132. The SMILES string of the molecule is O=C1C(=O)N(c2ccc(F)c(F)c2)C(c2ccc(O)c(Cl)c2)/C1=C(/O)c1ccc2c(c1)CCCO2. The number of benzene rings is 3. The number of hydrogen-bond donors (Lipinski definition) is 2. The largest absolute Gasteiger partial charge is 0.507 e. The van der Waals surface area contributed by atoms with Crippen molar-refractivity contribution < 1.29 is 33.3 Å². The summed E-state index contributed by atoms with van der Waals surface area (Å²) in [5, 5.41) is 21.1. The van der Waals surface area contributed by atoms with Crippen molar-refractivity contribution in [2.45, 2.75) is 18.9 Å². The number of ether oxygens (including phenoxy) is 1. The quantitative estimate of drug-likeness (QED) is 0.292. The average Bonchev–Trinajstić information content (AvgIpc) is 3.12. The van der Waals surface area contributed by atoms with Gasteiger partial charge < -0.3 is 14.9 Å². The molecule has 0 aliphatic carbocycles. The number of phenols is 1. The number of carbonyl (C=O) groups is 2. The first-order chi connectivity index (χ1) is 16.8. The molecule has 0 spiro atoms. The molecule has 0 saturated carbocycles. The Labute approximate surface area is 203 Å². The van der Waals surface area contributed by atoms with Crippen LogP contribution in [0, 0.1) is 11.6 Å². The van der Waals surface area contributed by atoms with Crippen LogP contribution in [0.1, 0.15) is 29.2 Å². The van der Waals surface area contributed by atoms with Crippen LogP contribution >= 0.6 is 11.6 Å². The number of anilines is 1. The zero-order valence-corrected chi connectivity index (χ0v) is 18.9. The van der Waals surface area contributed by atoms with Gasteiger partial charge in [-0.25, -0.2) is 8.78 Å². The lowest BCUT2D eigenvalue weighted by Crippen LogP contribution is -2.29. The molecule has 1 fully saturated rings. The third kappa shape index (κ3) is 3.89. The first-order valence-electron chi connectivity index (χ1n) is 10.8. The van der Waals surface area contributed by atoms with Gasteiger partial charge in [0.2, 0.25) is 0 Å². The average molecular weight is 498 g/mol. The van der Waals surface area contributed by atoms with Gasteiger partial charge in [-0.1, -0.05) is 17.7 Å². The van der Waals surface area contributed by atoms with Crippen LogP contribution in [-0.2, 0) is 16.0 Å². The number of fused-ring (bicyclic) bond motifs is 1. The molecule has 2 aliphatic rings. The normalized spacial score (nSPS) is 18.9. The van der Waals surface area contributed by atoms with E-state index in [1.807, 2.05) is 0 Å². The molecule has 1 saturated heterocycles. The number of aryl methyl sites for hydroxylation is 1. The highest BCUT2D eigenvalue weighted by molar-refractivity contribution is 6.51. The number of amides is 1. The fourth-order valence-corrected chi connectivity index (χ4v) is 4.59. The summed E-state index contributed by atoms with van der Waals surface area (Å²) in [7, 11) is 0. The van der Waals surface area contributed by atoms with E-state index in [9.17, 15) is 28.6 Å². The van der Waals surface area contributed by atoms with Crippen molar-refractivity contribution in [3.63, 3.8) is 0 Å². The Hall–Kier alpha value is -3.91. The van der Waals surface area contributed by atoms with Crippen molar-refractivity contribution in [1.29, 1.82) is 0 Å². The summed E-state index contributed by atoms with van der Waals surface area (Å²) < 4.78 is 33.3. The number of aromatic hydroxyl groups is 1. The number of hydrogen-bond acceptors (Lipinski definition) is 5. The molecule has 5 rings (SSSR count). The summed E-state index contributed by atoms with van der Waals surface area (Å²) >= 11 is 6.09. The van der Waals surface area contributed by atoms with Gasteiger partial charge in [0.25, 0.3) is 11.7 Å². The number of aliphatic hydroxyl groups excluding tert-OH is 1. The van der Waals surface area contributed by atoms with Crippen molar-refractivity contribution in [1.82, 2.24) is 0 Å². The Morgan fingerprint density at radius 1 is 1.03 bits per heavy atom. The number of phenolic OH excluding ortho intramolecular Hbond substituents is 1. The second kappa shape index (κ2) is 8.70.